The normalized spacial score (nSPS) is 14.0. The van der Waals surface area contributed by atoms with Gasteiger partial charge in [0.05, 0.1) is 11.3 Å². The van der Waals surface area contributed by atoms with Crippen LogP contribution in [0.5, 0.6) is 5.75 Å². The zero-order chi connectivity index (χ0) is 18.0. The molecule has 2 aromatic carbocycles. The minimum absolute atomic E-state index is 0.0991. The van der Waals surface area contributed by atoms with E-state index in [1.807, 2.05) is 0 Å². The van der Waals surface area contributed by atoms with E-state index in [2.05, 4.69) is 5.32 Å². The maximum absolute atomic E-state index is 12.9. The molecule has 0 fully saturated rings. The molecule has 0 atom stereocenters. The number of carbonyl (C=O) groups excluding carboxylic acids is 2. The Hall–Kier alpha value is -3.09. The van der Waals surface area contributed by atoms with Gasteiger partial charge in [0.15, 0.2) is 12.4 Å². The van der Waals surface area contributed by atoms with E-state index in [-0.39, 0.29) is 23.6 Å². The molecule has 0 saturated heterocycles. The first-order valence-electron chi connectivity index (χ1n) is 7.30. The van der Waals surface area contributed by atoms with Gasteiger partial charge in [-0.25, -0.2) is 0 Å². The summed E-state index contributed by atoms with van der Waals surface area (Å²) >= 11 is 0. The molecular formula is C18H12F3NO3. The van der Waals surface area contributed by atoms with Gasteiger partial charge in [-0.15, -0.1) is 0 Å². The number of benzene rings is 2. The smallest absolute Gasteiger partial charge is 0.416 e. The van der Waals surface area contributed by atoms with Gasteiger partial charge in [0, 0.05) is 5.56 Å². The lowest BCUT2D eigenvalue weighted by atomic mass is 10.0. The van der Waals surface area contributed by atoms with Gasteiger partial charge in [-0.2, -0.15) is 13.2 Å². The molecule has 0 bridgehead atoms. The Morgan fingerprint density at radius 1 is 1.16 bits per heavy atom. The van der Waals surface area contributed by atoms with E-state index in [4.69, 9.17) is 4.74 Å². The molecule has 1 aliphatic heterocycles. The lowest BCUT2D eigenvalue weighted by Gasteiger charge is -2.18. The quantitative estimate of drug-likeness (QED) is 0.676. The molecule has 1 aliphatic rings. The lowest BCUT2D eigenvalue weighted by molar-refractivity contribution is -0.137. The molecule has 0 aliphatic carbocycles. The first-order chi connectivity index (χ1) is 11.8. The molecule has 0 saturated carbocycles. The fraction of sp³-hybridized carbons (Fsp3) is 0.111. The van der Waals surface area contributed by atoms with Crippen LogP contribution in [0.1, 0.15) is 21.5 Å². The highest BCUT2D eigenvalue weighted by Gasteiger charge is 2.32. The third-order valence-corrected chi connectivity index (χ3v) is 3.58. The number of allylic oxidation sites excluding steroid dienone is 1. The number of nitrogens with one attached hydrogen (secondary N) is 1. The van der Waals surface area contributed by atoms with Crippen molar-refractivity contribution in [3.05, 3.63) is 65.2 Å². The zero-order valence-electron chi connectivity index (χ0n) is 12.8. The molecule has 3 rings (SSSR count). The number of carbonyl (C=O) groups is 2. The van der Waals surface area contributed by atoms with Crippen molar-refractivity contribution in [2.75, 3.05) is 11.9 Å². The van der Waals surface area contributed by atoms with E-state index in [1.165, 1.54) is 36.4 Å². The predicted octanol–water partition coefficient (Wildman–Crippen LogP) is 3.93. The molecule has 0 spiro atoms. The molecule has 25 heavy (non-hydrogen) atoms. The predicted molar refractivity (Wildman–Crippen MR) is 85.4 cm³/mol. The highest BCUT2D eigenvalue weighted by Crippen LogP contribution is 2.32. The van der Waals surface area contributed by atoms with Crippen molar-refractivity contribution in [3.63, 3.8) is 0 Å². The summed E-state index contributed by atoms with van der Waals surface area (Å²) in [5, 5.41) is 2.57. The second kappa shape index (κ2) is 6.43. The molecule has 4 nitrogen and oxygen atoms in total. The molecule has 0 aromatic heterocycles. The number of alkyl halides is 3. The van der Waals surface area contributed by atoms with Crippen LogP contribution in [0.25, 0.3) is 6.08 Å². The molecular weight excluding hydrogens is 335 g/mol. The third-order valence-electron chi connectivity index (χ3n) is 3.58. The zero-order valence-corrected chi connectivity index (χ0v) is 12.8. The molecule has 1 amide bonds. The summed E-state index contributed by atoms with van der Waals surface area (Å²) < 4.78 is 44.0. The highest BCUT2D eigenvalue weighted by atomic mass is 19.4. The van der Waals surface area contributed by atoms with Gasteiger partial charge in [0.2, 0.25) is 0 Å². The van der Waals surface area contributed by atoms with Crippen molar-refractivity contribution in [1.82, 2.24) is 0 Å². The Labute approximate surface area is 140 Å². The van der Waals surface area contributed by atoms with Crippen LogP contribution in [0.4, 0.5) is 18.9 Å². The van der Waals surface area contributed by atoms with Crippen LogP contribution in [0.2, 0.25) is 0 Å². The maximum atomic E-state index is 12.9. The minimum atomic E-state index is -4.50. The number of fused-ring (bicyclic) bond motifs is 1. The van der Waals surface area contributed by atoms with Crippen LogP contribution in [-0.4, -0.2) is 18.3 Å². The van der Waals surface area contributed by atoms with Crippen LogP contribution in [-0.2, 0) is 11.0 Å². The summed E-state index contributed by atoms with van der Waals surface area (Å²) in [4.78, 5) is 23.5. The van der Waals surface area contributed by atoms with Crippen molar-refractivity contribution in [2.24, 2.45) is 0 Å². The van der Waals surface area contributed by atoms with Gasteiger partial charge in [-0.3, -0.25) is 9.59 Å². The Balaban J connectivity index is 1.85. The largest absolute Gasteiger partial charge is 0.482 e. The van der Waals surface area contributed by atoms with Crippen molar-refractivity contribution in [1.29, 1.82) is 0 Å². The Kier molecular flexibility index (Phi) is 4.31. The van der Waals surface area contributed by atoms with Crippen LogP contribution < -0.4 is 10.1 Å². The number of amides is 1. The SMILES string of the molecule is O=C1COc2ccc(C(=O)/C=C/c3ccccc3C(F)(F)F)cc2N1. The van der Waals surface area contributed by atoms with Crippen LogP contribution in [0, 0.1) is 0 Å². The minimum Gasteiger partial charge on any atom is -0.482 e. The van der Waals surface area contributed by atoms with E-state index >= 15 is 0 Å². The first-order valence-corrected chi connectivity index (χ1v) is 7.30. The van der Waals surface area contributed by atoms with Gasteiger partial charge in [-0.05, 0) is 35.9 Å². The molecule has 0 radical (unpaired) electrons. The van der Waals surface area contributed by atoms with Crippen molar-refractivity contribution >= 4 is 23.5 Å². The Morgan fingerprint density at radius 3 is 2.68 bits per heavy atom. The second-order valence-electron chi connectivity index (χ2n) is 5.33. The third kappa shape index (κ3) is 3.71. The number of hydrogen-bond donors (Lipinski definition) is 1. The summed E-state index contributed by atoms with van der Waals surface area (Å²) in [5.41, 5.74) is -0.334. The van der Waals surface area contributed by atoms with Gasteiger partial charge in [-0.1, -0.05) is 24.3 Å². The molecule has 1 heterocycles. The topological polar surface area (TPSA) is 55.4 Å². The van der Waals surface area contributed by atoms with Gasteiger partial charge in [0.1, 0.15) is 5.75 Å². The molecule has 7 heteroatoms. The van der Waals surface area contributed by atoms with E-state index in [0.717, 1.165) is 18.2 Å². The highest BCUT2D eigenvalue weighted by molar-refractivity contribution is 6.08. The molecule has 2 aromatic rings. The van der Waals surface area contributed by atoms with Gasteiger partial charge < -0.3 is 10.1 Å². The Morgan fingerprint density at radius 2 is 1.92 bits per heavy atom. The van der Waals surface area contributed by atoms with E-state index < -0.39 is 17.5 Å². The number of ketones is 1. The maximum Gasteiger partial charge on any atom is 0.416 e. The summed E-state index contributed by atoms with van der Waals surface area (Å²) in [6, 6.07) is 9.43. The fourth-order valence-electron chi connectivity index (χ4n) is 2.40. The van der Waals surface area contributed by atoms with Crippen LogP contribution >= 0.6 is 0 Å². The number of halogens is 3. The second-order valence-corrected chi connectivity index (χ2v) is 5.33. The molecule has 128 valence electrons. The van der Waals surface area contributed by atoms with Crippen molar-refractivity contribution in [2.45, 2.75) is 6.18 Å². The number of anilines is 1. The molecule has 0 unspecified atom stereocenters. The summed E-state index contributed by atoms with van der Waals surface area (Å²) in [5.74, 6) is -0.395. The van der Waals surface area contributed by atoms with Crippen molar-refractivity contribution < 1.29 is 27.5 Å². The fourth-order valence-corrected chi connectivity index (χ4v) is 2.40. The monoisotopic (exact) mass is 347 g/mol. The van der Waals surface area contributed by atoms with E-state index in [9.17, 15) is 22.8 Å². The van der Waals surface area contributed by atoms with Crippen LogP contribution in [0.3, 0.4) is 0 Å². The van der Waals surface area contributed by atoms with E-state index in [1.54, 1.807) is 0 Å². The van der Waals surface area contributed by atoms with Crippen molar-refractivity contribution in [3.8, 4) is 5.75 Å². The molecule has 1 N–H and O–H groups in total. The van der Waals surface area contributed by atoms with Gasteiger partial charge in [0.25, 0.3) is 5.91 Å². The number of rotatable bonds is 3. The first kappa shape index (κ1) is 16.8. The average molecular weight is 347 g/mol. The van der Waals surface area contributed by atoms with Gasteiger partial charge >= 0.3 is 6.18 Å². The standard InChI is InChI=1S/C18H12F3NO3/c19-18(20,21)13-4-2-1-3-11(13)5-7-15(23)12-6-8-16-14(9-12)22-17(24)10-25-16/h1-9H,10H2,(H,22,24)/b7-5+. The lowest BCUT2D eigenvalue weighted by Crippen LogP contribution is -2.25. The summed E-state index contributed by atoms with van der Waals surface area (Å²) in [6.07, 6.45) is -2.31. The Bertz CT molecular complexity index is 872. The summed E-state index contributed by atoms with van der Waals surface area (Å²) in [6.45, 7) is -0.103. The number of ether oxygens (including phenoxy) is 1. The average Bonchev–Trinajstić information content (AvgIpc) is 2.58. The van der Waals surface area contributed by atoms with E-state index in [0.29, 0.717) is 11.4 Å². The number of hydrogen-bond acceptors (Lipinski definition) is 3. The van der Waals surface area contributed by atoms with Crippen LogP contribution in [0.15, 0.2) is 48.5 Å². The summed E-state index contributed by atoms with van der Waals surface area (Å²) in [7, 11) is 0.